The minimum atomic E-state index is -1.52. The molecule has 5 N–H and O–H groups in total. The Morgan fingerprint density at radius 3 is 2.35 bits per heavy atom. The fourth-order valence-corrected chi connectivity index (χ4v) is 1.04. The zero-order valence-corrected chi connectivity index (χ0v) is 8.88. The van der Waals surface area contributed by atoms with Gasteiger partial charge in [-0.25, -0.2) is 4.98 Å². The van der Waals surface area contributed by atoms with Gasteiger partial charge in [-0.2, -0.15) is 0 Å². The first-order chi connectivity index (χ1) is 8.06. The van der Waals surface area contributed by atoms with Gasteiger partial charge in [0.15, 0.2) is 0 Å². The molecule has 0 aliphatic carbocycles. The van der Waals surface area contributed by atoms with E-state index >= 15 is 0 Å². The molecule has 0 fully saturated rings. The second-order valence-electron chi connectivity index (χ2n) is 3.51. The number of nitrogens with zero attached hydrogens (tertiary/aromatic N) is 1. The molecule has 1 rings (SSSR count). The summed E-state index contributed by atoms with van der Waals surface area (Å²) in [7, 11) is 0. The zero-order valence-electron chi connectivity index (χ0n) is 8.88. The van der Waals surface area contributed by atoms with Gasteiger partial charge in [-0.1, -0.05) is 0 Å². The zero-order chi connectivity index (χ0) is 12.9. The van der Waals surface area contributed by atoms with Crippen LogP contribution in [0.5, 0.6) is 0 Å². The number of rotatable bonds is 5. The molecule has 0 unspecified atom stereocenters. The molecule has 0 spiro atoms. The van der Waals surface area contributed by atoms with E-state index in [0.29, 0.717) is 0 Å². The van der Waals surface area contributed by atoms with E-state index < -0.39 is 36.8 Å². The smallest absolute Gasteiger partial charge is 0.272 e. The molecule has 1 aromatic rings. The first kappa shape index (κ1) is 13.3. The lowest BCUT2D eigenvalue weighted by atomic mass is 10.0. The second-order valence-corrected chi connectivity index (χ2v) is 3.51. The van der Waals surface area contributed by atoms with Gasteiger partial charge in [0.2, 0.25) is 0 Å². The van der Waals surface area contributed by atoms with Gasteiger partial charge in [-0.05, 0) is 0 Å². The molecule has 0 saturated carbocycles. The average Bonchev–Trinajstić information content (AvgIpc) is 2.37. The van der Waals surface area contributed by atoms with E-state index in [0.717, 1.165) is 12.4 Å². The van der Waals surface area contributed by atoms with Crippen molar-refractivity contribution in [1.82, 2.24) is 15.3 Å². The van der Waals surface area contributed by atoms with Gasteiger partial charge in [0.05, 0.1) is 26.0 Å². The van der Waals surface area contributed by atoms with Gasteiger partial charge in [0.25, 0.3) is 11.5 Å². The lowest BCUT2D eigenvalue weighted by Gasteiger charge is -2.28. The van der Waals surface area contributed by atoms with Crippen LogP contribution in [0.3, 0.4) is 0 Å². The Kier molecular flexibility index (Phi) is 4.32. The number of aliphatic hydroxyl groups is 3. The molecule has 0 radical (unpaired) electrons. The van der Waals surface area contributed by atoms with Crippen molar-refractivity contribution in [3.63, 3.8) is 0 Å². The van der Waals surface area contributed by atoms with Crippen LogP contribution in [0.15, 0.2) is 17.2 Å². The van der Waals surface area contributed by atoms with Crippen LogP contribution in [-0.4, -0.2) is 56.6 Å². The number of amides is 1. The highest BCUT2D eigenvalue weighted by molar-refractivity contribution is 5.92. The van der Waals surface area contributed by atoms with E-state index in [2.05, 4.69) is 15.3 Å². The van der Waals surface area contributed by atoms with E-state index in [1.54, 1.807) is 0 Å². The third-order valence-electron chi connectivity index (χ3n) is 2.19. The van der Waals surface area contributed by atoms with Crippen LogP contribution in [-0.2, 0) is 0 Å². The highest BCUT2D eigenvalue weighted by Gasteiger charge is 2.30. The molecule has 8 heteroatoms. The summed E-state index contributed by atoms with van der Waals surface area (Å²) in [5.41, 5.74) is -2.07. The van der Waals surface area contributed by atoms with Gasteiger partial charge in [0.1, 0.15) is 11.2 Å². The van der Waals surface area contributed by atoms with Crippen molar-refractivity contribution >= 4 is 5.91 Å². The van der Waals surface area contributed by atoms with E-state index in [-0.39, 0.29) is 5.69 Å². The van der Waals surface area contributed by atoms with Crippen molar-refractivity contribution in [2.75, 3.05) is 19.8 Å². The van der Waals surface area contributed by atoms with E-state index in [1.165, 1.54) is 0 Å². The van der Waals surface area contributed by atoms with Gasteiger partial charge >= 0.3 is 0 Å². The minimum absolute atomic E-state index is 0.0932. The number of aromatic nitrogens is 2. The topological polar surface area (TPSA) is 136 Å². The molecule has 0 bridgehead atoms. The molecule has 0 aliphatic rings. The monoisotopic (exact) mass is 243 g/mol. The van der Waals surface area contributed by atoms with Crippen molar-refractivity contribution in [2.24, 2.45) is 0 Å². The Balaban J connectivity index is 2.84. The Morgan fingerprint density at radius 1 is 1.35 bits per heavy atom. The molecular formula is C9H13N3O5. The molecule has 1 aromatic heterocycles. The van der Waals surface area contributed by atoms with Crippen molar-refractivity contribution in [3.8, 4) is 0 Å². The van der Waals surface area contributed by atoms with Crippen LogP contribution >= 0.6 is 0 Å². The van der Waals surface area contributed by atoms with Gasteiger partial charge < -0.3 is 25.6 Å². The van der Waals surface area contributed by atoms with Crippen LogP contribution in [0.4, 0.5) is 0 Å². The molecule has 0 saturated heterocycles. The lowest BCUT2D eigenvalue weighted by molar-refractivity contribution is 0.0373. The van der Waals surface area contributed by atoms with Crippen molar-refractivity contribution in [1.29, 1.82) is 0 Å². The number of hydrogen-bond donors (Lipinski definition) is 5. The molecular weight excluding hydrogens is 230 g/mol. The fraction of sp³-hybridized carbons (Fsp3) is 0.444. The number of nitrogens with one attached hydrogen (secondary N) is 2. The summed E-state index contributed by atoms with van der Waals surface area (Å²) in [4.78, 5) is 28.2. The highest BCUT2D eigenvalue weighted by atomic mass is 16.3. The van der Waals surface area contributed by atoms with E-state index in [9.17, 15) is 9.59 Å². The third-order valence-corrected chi connectivity index (χ3v) is 2.19. The first-order valence-electron chi connectivity index (χ1n) is 4.77. The molecule has 8 nitrogen and oxygen atoms in total. The molecule has 1 amide bonds. The van der Waals surface area contributed by atoms with E-state index in [4.69, 9.17) is 15.3 Å². The van der Waals surface area contributed by atoms with Crippen LogP contribution in [0.25, 0.3) is 0 Å². The molecule has 0 aliphatic heterocycles. The van der Waals surface area contributed by atoms with Crippen molar-refractivity contribution < 1.29 is 20.1 Å². The summed E-state index contributed by atoms with van der Waals surface area (Å²) < 4.78 is 0. The highest BCUT2D eigenvalue weighted by Crippen LogP contribution is 2.03. The predicted octanol–water partition coefficient (Wildman–Crippen LogP) is -2.78. The molecule has 94 valence electrons. The lowest BCUT2D eigenvalue weighted by Crippen LogP contribution is -2.57. The number of carbonyl (C=O) groups excluding carboxylic acids is 1. The van der Waals surface area contributed by atoms with Crippen LogP contribution in [0.1, 0.15) is 10.5 Å². The van der Waals surface area contributed by atoms with Crippen molar-refractivity contribution in [3.05, 3.63) is 28.4 Å². The standard InChI is InChI=1S/C9H13N3O5/c13-3-9(4-14,5-15)12-8(17)6-1-11-7(16)2-10-6/h1-2,13-15H,3-5H2,(H,11,16)(H,12,17). The largest absolute Gasteiger partial charge is 0.394 e. The third kappa shape index (κ3) is 3.09. The van der Waals surface area contributed by atoms with E-state index in [1.807, 2.05) is 0 Å². The summed E-state index contributed by atoms with van der Waals surface area (Å²) in [5, 5.41) is 29.3. The molecule has 0 atom stereocenters. The fourth-order valence-electron chi connectivity index (χ4n) is 1.04. The molecule has 1 heterocycles. The second kappa shape index (κ2) is 5.53. The number of aliphatic hydroxyl groups excluding tert-OH is 3. The predicted molar refractivity (Wildman–Crippen MR) is 56.3 cm³/mol. The summed E-state index contributed by atoms with van der Waals surface area (Å²) in [6.07, 6.45) is 2.02. The van der Waals surface area contributed by atoms with Crippen LogP contribution in [0.2, 0.25) is 0 Å². The minimum Gasteiger partial charge on any atom is -0.394 e. The van der Waals surface area contributed by atoms with Gasteiger partial charge in [0, 0.05) is 6.20 Å². The maximum atomic E-state index is 11.6. The molecule has 0 aromatic carbocycles. The van der Waals surface area contributed by atoms with Crippen LogP contribution in [0, 0.1) is 0 Å². The Bertz CT molecular complexity index is 412. The number of hydrogen-bond acceptors (Lipinski definition) is 6. The van der Waals surface area contributed by atoms with Crippen molar-refractivity contribution in [2.45, 2.75) is 5.54 Å². The number of carbonyl (C=O) groups is 1. The van der Waals surface area contributed by atoms with Gasteiger partial charge in [-0.15, -0.1) is 0 Å². The maximum absolute atomic E-state index is 11.6. The summed E-state index contributed by atoms with van der Waals surface area (Å²) in [5.74, 6) is -0.724. The number of aromatic amines is 1. The maximum Gasteiger partial charge on any atom is 0.272 e. The molecule has 17 heavy (non-hydrogen) atoms. The van der Waals surface area contributed by atoms with Gasteiger partial charge in [-0.3, -0.25) is 9.59 Å². The van der Waals surface area contributed by atoms with Crippen LogP contribution < -0.4 is 10.9 Å². The summed E-state index contributed by atoms with van der Waals surface area (Å²) in [6, 6.07) is 0. The first-order valence-corrected chi connectivity index (χ1v) is 4.77. The Hall–Kier alpha value is -1.77. The Labute approximate surface area is 96.0 Å². The quantitative estimate of drug-likeness (QED) is 0.379. The summed E-state index contributed by atoms with van der Waals surface area (Å²) in [6.45, 7) is -1.89. The normalized spacial score (nSPS) is 11.2. The SMILES string of the molecule is O=C(NC(CO)(CO)CO)c1c[nH]c(=O)cn1. The Morgan fingerprint density at radius 2 is 1.94 bits per heavy atom. The number of H-pyrrole nitrogens is 1. The summed E-state index contributed by atoms with van der Waals surface area (Å²) >= 11 is 0. The average molecular weight is 243 g/mol.